The van der Waals surface area contributed by atoms with Crippen LogP contribution in [-0.2, 0) is 9.59 Å². The third-order valence-electron chi connectivity index (χ3n) is 4.32. The number of nitrogens with one attached hydrogen (secondary N) is 1. The number of nitrogens with zero attached hydrogens (tertiary/aromatic N) is 2. The number of anilines is 1. The topological polar surface area (TPSA) is 71.0 Å². The summed E-state index contributed by atoms with van der Waals surface area (Å²) in [5, 5.41) is 5.73. The van der Waals surface area contributed by atoms with Crippen LogP contribution in [0.3, 0.4) is 0 Å². The summed E-state index contributed by atoms with van der Waals surface area (Å²) in [5.41, 5.74) is 0.897. The first-order chi connectivity index (χ1) is 14.0. The van der Waals surface area contributed by atoms with Gasteiger partial charge in [-0.25, -0.2) is 4.99 Å². The van der Waals surface area contributed by atoms with Crippen LogP contribution in [0.15, 0.2) is 46.4 Å². The van der Waals surface area contributed by atoms with Crippen molar-refractivity contribution in [2.75, 3.05) is 17.8 Å². The van der Waals surface area contributed by atoms with E-state index in [1.165, 1.54) is 35.1 Å². The first-order valence-electron chi connectivity index (χ1n) is 8.99. The Kier molecular flexibility index (Phi) is 5.94. The van der Waals surface area contributed by atoms with E-state index in [-0.39, 0.29) is 17.6 Å². The number of hydrogen-bond acceptors (Lipinski definition) is 6. The standard InChI is InChI=1S/C20H18ClN3O3S2/c1-27-17-7-6-13(9-15(17)21)24-19(26)16(10-14-3-2-8-28-14)23-20(24)29-11-18(25)22-12-4-5-12/h2-3,6-10,12H,4-5,11H2,1H3,(H,22,25). The minimum absolute atomic E-state index is 0.0592. The van der Waals surface area contributed by atoms with Gasteiger partial charge in [-0.15, -0.1) is 11.3 Å². The average molecular weight is 448 g/mol. The van der Waals surface area contributed by atoms with Crippen LogP contribution in [0.5, 0.6) is 5.75 Å². The fourth-order valence-electron chi connectivity index (χ4n) is 2.75. The van der Waals surface area contributed by atoms with E-state index in [9.17, 15) is 9.59 Å². The highest BCUT2D eigenvalue weighted by Gasteiger charge is 2.33. The van der Waals surface area contributed by atoms with Crippen molar-refractivity contribution in [3.8, 4) is 5.75 Å². The van der Waals surface area contributed by atoms with Crippen LogP contribution < -0.4 is 15.0 Å². The molecule has 0 spiro atoms. The number of ether oxygens (including phenoxy) is 1. The Morgan fingerprint density at radius 2 is 2.28 bits per heavy atom. The van der Waals surface area contributed by atoms with E-state index in [1.54, 1.807) is 24.3 Å². The third kappa shape index (κ3) is 4.66. The van der Waals surface area contributed by atoms with E-state index < -0.39 is 0 Å². The molecule has 0 saturated heterocycles. The maximum absolute atomic E-state index is 13.1. The van der Waals surface area contributed by atoms with Gasteiger partial charge in [-0.05, 0) is 48.6 Å². The molecule has 0 bridgehead atoms. The van der Waals surface area contributed by atoms with Crippen LogP contribution >= 0.6 is 34.7 Å². The van der Waals surface area contributed by atoms with Crippen LogP contribution in [0, 0.1) is 0 Å². The molecular weight excluding hydrogens is 430 g/mol. The molecule has 9 heteroatoms. The van der Waals surface area contributed by atoms with Gasteiger partial charge in [0.1, 0.15) is 11.4 Å². The lowest BCUT2D eigenvalue weighted by Crippen LogP contribution is -2.32. The molecule has 2 aromatic rings. The summed E-state index contributed by atoms with van der Waals surface area (Å²) in [6.45, 7) is 0. The molecule has 150 valence electrons. The van der Waals surface area contributed by atoms with Crippen molar-refractivity contribution in [2.24, 2.45) is 4.99 Å². The normalized spacial score (nSPS) is 17.6. The van der Waals surface area contributed by atoms with Crippen LogP contribution in [-0.4, -0.2) is 35.9 Å². The van der Waals surface area contributed by atoms with Crippen LogP contribution in [0.1, 0.15) is 17.7 Å². The van der Waals surface area contributed by atoms with Gasteiger partial charge in [-0.3, -0.25) is 14.5 Å². The Labute approximate surface area is 181 Å². The van der Waals surface area contributed by atoms with Gasteiger partial charge >= 0.3 is 0 Å². The Balaban J connectivity index is 1.61. The molecule has 1 N–H and O–H groups in total. The molecule has 2 aliphatic rings. The number of amides is 2. The predicted octanol–water partition coefficient (Wildman–Crippen LogP) is 4.17. The first kappa shape index (κ1) is 20.0. The van der Waals surface area contributed by atoms with Crippen molar-refractivity contribution in [2.45, 2.75) is 18.9 Å². The average Bonchev–Trinajstić information content (AvgIpc) is 3.25. The predicted molar refractivity (Wildman–Crippen MR) is 119 cm³/mol. The number of carbonyl (C=O) groups excluding carboxylic acids is 2. The third-order valence-corrected chi connectivity index (χ3v) is 6.37. The van der Waals surface area contributed by atoms with E-state index >= 15 is 0 Å². The second kappa shape index (κ2) is 8.61. The first-order valence-corrected chi connectivity index (χ1v) is 11.2. The molecule has 1 aliphatic carbocycles. The van der Waals surface area contributed by atoms with Gasteiger partial charge in [0.2, 0.25) is 5.91 Å². The van der Waals surface area contributed by atoms with Gasteiger partial charge < -0.3 is 10.1 Å². The monoisotopic (exact) mass is 447 g/mol. The van der Waals surface area contributed by atoms with Crippen molar-refractivity contribution in [1.82, 2.24) is 5.32 Å². The Hall–Kier alpha value is -2.29. The number of rotatable bonds is 6. The minimum Gasteiger partial charge on any atom is -0.495 e. The van der Waals surface area contributed by atoms with Crippen molar-refractivity contribution < 1.29 is 14.3 Å². The van der Waals surface area contributed by atoms with E-state index in [4.69, 9.17) is 16.3 Å². The van der Waals surface area contributed by atoms with Gasteiger partial charge in [0.25, 0.3) is 5.91 Å². The zero-order valence-electron chi connectivity index (χ0n) is 15.6. The Morgan fingerprint density at radius 1 is 1.45 bits per heavy atom. The number of carbonyl (C=O) groups is 2. The largest absolute Gasteiger partial charge is 0.495 e. The molecule has 1 aliphatic heterocycles. The van der Waals surface area contributed by atoms with Crippen LogP contribution in [0.4, 0.5) is 5.69 Å². The quantitative estimate of drug-likeness (QED) is 0.675. The molecule has 2 heterocycles. The van der Waals surface area contributed by atoms with Gasteiger partial charge in [0, 0.05) is 10.9 Å². The molecule has 0 radical (unpaired) electrons. The highest BCUT2D eigenvalue weighted by Crippen LogP contribution is 2.34. The molecule has 0 atom stereocenters. The van der Waals surface area contributed by atoms with Crippen molar-refractivity contribution in [1.29, 1.82) is 0 Å². The smallest absolute Gasteiger partial charge is 0.283 e. The number of aliphatic imine (C=N–C) groups is 1. The number of benzene rings is 1. The number of amidine groups is 1. The van der Waals surface area contributed by atoms with Gasteiger partial charge in [-0.1, -0.05) is 29.4 Å². The van der Waals surface area contributed by atoms with E-state index in [0.717, 1.165) is 17.7 Å². The molecule has 1 fully saturated rings. The second-order valence-electron chi connectivity index (χ2n) is 6.53. The Bertz CT molecular complexity index is 1000. The Morgan fingerprint density at radius 3 is 2.93 bits per heavy atom. The maximum Gasteiger partial charge on any atom is 0.283 e. The fourth-order valence-corrected chi connectivity index (χ4v) is 4.48. The summed E-state index contributed by atoms with van der Waals surface area (Å²) in [5.74, 6) is 0.391. The lowest BCUT2D eigenvalue weighted by atomic mass is 10.2. The molecule has 2 amide bonds. The summed E-state index contributed by atoms with van der Waals surface area (Å²) in [6, 6.07) is 9.24. The summed E-state index contributed by atoms with van der Waals surface area (Å²) in [6.07, 6.45) is 3.81. The van der Waals surface area contributed by atoms with Gasteiger partial charge in [0.05, 0.1) is 23.6 Å². The molecule has 0 unspecified atom stereocenters. The van der Waals surface area contributed by atoms with E-state index in [2.05, 4.69) is 10.3 Å². The molecule has 1 saturated carbocycles. The molecular formula is C20H18ClN3O3S2. The SMILES string of the molecule is COc1ccc(N2C(=O)C(=Cc3cccs3)N=C2SCC(=O)NC2CC2)cc1Cl. The number of thiophene rings is 1. The second-order valence-corrected chi connectivity index (χ2v) is 8.86. The molecule has 1 aromatic heterocycles. The van der Waals surface area contributed by atoms with Crippen molar-refractivity contribution in [3.63, 3.8) is 0 Å². The number of methoxy groups -OCH3 is 1. The molecule has 4 rings (SSSR count). The lowest BCUT2D eigenvalue weighted by molar-refractivity contribution is -0.118. The summed E-state index contributed by atoms with van der Waals surface area (Å²) in [7, 11) is 1.53. The summed E-state index contributed by atoms with van der Waals surface area (Å²) < 4.78 is 5.20. The zero-order valence-corrected chi connectivity index (χ0v) is 17.9. The minimum atomic E-state index is -0.260. The number of hydrogen-bond donors (Lipinski definition) is 1. The number of thioether (sulfide) groups is 1. The highest BCUT2D eigenvalue weighted by atomic mass is 35.5. The highest BCUT2D eigenvalue weighted by molar-refractivity contribution is 8.14. The van der Waals surface area contributed by atoms with Crippen LogP contribution in [0.25, 0.3) is 6.08 Å². The summed E-state index contributed by atoms with van der Waals surface area (Å²) in [4.78, 5) is 32.1. The molecule has 29 heavy (non-hydrogen) atoms. The number of halogens is 1. The van der Waals surface area contributed by atoms with Crippen molar-refractivity contribution in [3.05, 3.63) is 51.3 Å². The summed E-state index contributed by atoms with van der Waals surface area (Å²) >= 11 is 9.02. The zero-order chi connectivity index (χ0) is 20.4. The van der Waals surface area contributed by atoms with E-state index in [0.29, 0.717) is 33.4 Å². The fraction of sp³-hybridized carbons (Fsp3) is 0.250. The molecule has 6 nitrogen and oxygen atoms in total. The van der Waals surface area contributed by atoms with Crippen LogP contribution in [0.2, 0.25) is 5.02 Å². The molecule has 1 aromatic carbocycles. The maximum atomic E-state index is 13.1. The van der Waals surface area contributed by atoms with Crippen molar-refractivity contribution >= 4 is 63.4 Å². The van der Waals surface area contributed by atoms with E-state index in [1.807, 2.05) is 17.5 Å². The lowest BCUT2D eigenvalue weighted by Gasteiger charge is -2.18. The van der Waals surface area contributed by atoms with Gasteiger partial charge in [0.15, 0.2) is 5.17 Å². The van der Waals surface area contributed by atoms with Gasteiger partial charge in [-0.2, -0.15) is 0 Å².